The molecule has 1 N–H and O–H groups in total. The van der Waals surface area contributed by atoms with Crippen LogP contribution in [-0.4, -0.2) is 11.7 Å². The SMILES string of the molecule is CC(C)(C)OC(=O)Nc1ccsc1Cl. The molecule has 5 heteroatoms. The topological polar surface area (TPSA) is 38.3 Å². The van der Waals surface area contributed by atoms with E-state index in [1.807, 2.05) is 20.8 Å². The van der Waals surface area contributed by atoms with Crippen LogP contribution >= 0.6 is 22.9 Å². The Balaban J connectivity index is 2.54. The molecule has 0 radical (unpaired) electrons. The Morgan fingerprint density at radius 2 is 2.21 bits per heavy atom. The van der Waals surface area contributed by atoms with E-state index in [2.05, 4.69) is 5.32 Å². The zero-order valence-corrected chi connectivity index (χ0v) is 9.83. The van der Waals surface area contributed by atoms with E-state index in [1.165, 1.54) is 11.3 Å². The van der Waals surface area contributed by atoms with Crippen LogP contribution in [0.5, 0.6) is 0 Å². The number of hydrogen-bond acceptors (Lipinski definition) is 3. The van der Waals surface area contributed by atoms with Crippen LogP contribution < -0.4 is 5.32 Å². The lowest BCUT2D eigenvalue weighted by Gasteiger charge is -2.19. The van der Waals surface area contributed by atoms with Gasteiger partial charge in [-0.25, -0.2) is 4.79 Å². The fraction of sp³-hybridized carbons (Fsp3) is 0.444. The average Bonchev–Trinajstić information content (AvgIpc) is 2.32. The second kappa shape index (κ2) is 4.19. The summed E-state index contributed by atoms with van der Waals surface area (Å²) < 4.78 is 5.61. The van der Waals surface area contributed by atoms with Crippen molar-refractivity contribution in [3.05, 3.63) is 15.8 Å². The zero-order chi connectivity index (χ0) is 10.8. The summed E-state index contributed by atoms with van der Waals surface area (Å²) in [6.45, 7) is 5.42. The lowest BCUT2D eigenvalue weighted by atomic mass is 10.2. The standard InChI is InChI=1S/C9H12ClNO2S/c1-9(2,3)13-8(12)11-6-4-5-14-7(6)10/h4-5H,1-3H3,(H,11,12). The van der Waals surface area contributed by atoms with Crippen LogP contribution in [0.1, 0.15) is 20.8 Å². The van der Waals surface area contributed by atoms with Gasteiger partial charge in [0.1, 0.15) is 9.94 Å². The van der Waals surface area contributed by atoms with Gasteiger partial charge in [0, 0.05) is 0 Å². The summed E-state index contributed by atoms with van der Waals surface area (Å²) >= 11 is 7.16. The zero-order valence-electron chi connectivity index (χ0n) is 8.26. The maximum Gasteiger partial charge on any atom is 0.412 e. The van der Waals surface area contributed by atoms with Crippen molar-refractivity contribution in [2.45, 2.75) is 26.4 Å². The molecule has 0 saturated carbocycles. The van der Waals surface area contributed by atoms with Crippen molar-refractivity contribution in [3.8, 4) is 0 Å². The first kappa shape index (κ1) is 11.3. The Kier molecular flexibility index (Phi) is 3.39. The smallest absolute Gasteiger partial charge is 0.412 e. The minimum Gasteiger partial charge on any atom is -0.444 e. The number of nitrogens with one attached hydrogen (secondary N) is 1. The van der Waals surface area contributed by atoms with Crippen LogP contribution in [0, 0.1) is 0 Å². The molecule has 1 rings (SSSR count). The van der Waals surface area contributed by atoms with Crippen molar-refractivity contribution in [2.75, 3.05) is 5.32 Å². The van der Waals surface area contributed by atoms with Gasteiger partial charge < -0.3 is 4.74 Å². The number of anilines is 1. The second-order valence-electron chi connectivity index (χ2n) is 3.73. The van der Waals surface area contributed by atoms with Crippen molar-refractivity contribution in [1.29, 1.82) is 0 Å². The third-order valence-corrected chi connectivity index (χ3v) is 2.42. The molecule has 14 heavy (non-hydrogen) atoms. The van der Waals surface area contributed by atoms with Gasteiger partial charge in [0.15, 0.2) is 0 Å². The summed E-state index contributed by atoms with van der Waals surface area (Å²) in [5.74, 6) is 0. The normalized spacial score (nSPS) is 11.1. The molecule has 1 aromatic heterocycles. The summed E-state index contributed by atoms with van der Waals surface area (Å²) in [6, 6.07) is 1.73. The Hall–Kier alpha value is -0.740. The van der Waals surface area contributed by atoms with E-state index in [4.69, 9.17) is 16.3 Å². The summed E-state index contributed by atoms with van der Waals surface area (Å²) in [5, 5.41) is 4.36. The molecule has 0 atom stereocenters. The molecule has 1 heterocycles. The molecular weight excluding hydrogens is 222 g/mol. The van der Waals surface area contributed by atoms with Crippen molar-refractivity contribution in [3.63, 3.8) is 0 Å². The Bertz CT molecular complexity index is 330. The Labute approximate surface area is 92.0 Å². The molecule has 3 nitrogen and oxygen atoms in total. The van der Waals surface area contributed by atoms with Crippen LogP contribution in [0.4, 0.5) is 10.5 Å². The highest BCUT2D eigenvalue weighted by Gasteiger charge is 2.17. The van der Waals surface area contributed by atoms with Crippen LogP contribution in [0.3, 0.4) is 0 Å². The monoisotopic (exact) mass is 233 g/mol. The number of rotatable bonds is 1. The summed E-state index contributed by atoms with van der Waals surface area (Å²) in [6.07, 6.45) is -0.488. The number of halogens is 1. The minimum atomic E-state index is -0.493. The van der Waals surface area contributed by atoms with Gasteiger partial charge in [-0.1, -0.05) is 11.6 Å². The first-order valence-corrected chi connectivity index (χ1v) is 5.37. The molecule has 0 fully saturated rings. The maximum absolute atomic E-state index is 11.3. The predicted molar refractivity (Wildman–Crippen MR) is 59.2 cm³/mol. The van der Waals surface area contributed by atoms with E-state index in [0.29, 0.717) is 10.0 Å². The molecule has 0 saturated heterocycles. The first-order chi connectivity index (χ1) is 6.38. The maximum atomic E-state index is 11.3. The highest BCUT2D eigenvalue weighted by Crippen LogP contribution is 2.27. The molecule has 0 bridgehead atoms. The quantitative estimate of drug-likeness (QED) is 0.802. The number of thiophene rings is 1. The molecule has 0 spiro atoms. The lowest BCUT2D eigenvalue weighted by Crippen LogP contribution is -2.27. The molecule has 78 valence electrons. The second-order valence-corrected chi connectivity index (χ2v) is 5.25. The number of carbonyl (C=O) groups is 1. The summed E-state index contributed by atoms with van der Waals surface area (Å²) in [7, 11) is 0. The Morgan fingerprint density at radius 1 is 1.57 bits per heavy atom. The molecular formula is C9H12ClNO2S. The third-order valence-electron chi connectivity index (χ3n) is 1.25. The minimum absolute atomic E-state index is 0.488. The predicted octanol–water partition coefficient (Wildman–Crippen LogP) is 3.75. The molecule has 0 aromatic carbocycles. The van der Waals surface area contributed by atoms with E-state index >= 15 is 0 Å². The van der Waals surface area contributed by atoms with Gasteiger partial charge in [0.2, 0.25) is 0 Å². The van der Waals surface area contributed by atoms with Crippen molar-refractivity contribution in [2.24, 2.45) is 0 Å². The Morgan fingerprint density at radius 3 is 2.64 bits per heavy atom. The molecule has 0 aliphatic heterocycles. The van der Waals surface area contributed by atoms with Gasteiger partial charge in [-0.05, 0) is 32.2 Å². The molecule has 1 amide bonds. The summed E-state index contributed by atoms with van der Waals surface area (Å²) in [5.41, 5.74) is 0.0953. The van der Waals surface area contributed by atoms with Crippen LogP contribution in [0.15, 0.2) is 11.4 Å². The van der Waals surface area contributed by atoms with Gasteiger partial charge in [0.25, 0.3) is 0 Å². The van der Waals surface area contributed by atoms with Gasteiger partial charge in [0.05, 0.1) is 5.69 Å². The van der Waals surface area contributed by atoms with Crippen LogP contribution in [0.25, 0.3) is 0 Å². The highest BCUT2D eigenvalue weighted by atomic mass is 35.5. The van der Waals surface area contributed by atoms with Gasteiger partial charge in [-0.3, -0.25) is 5.32 Å². The van der Waals surface area contributed by atoms with Crippen molar-refractivity contribution < 1.29 is 9.53 Å². The first-order valence-electron chi connectivity index (χ1n) is 4.11. The fourth-order valence-electron chi connectivity index (χ4n) is 0.795. The molecule has 0 aliphatic carbocycles. The van der Waals surface area contributed by atoms with Gasteiger partial charge in [-0.2, -0.15) is 0 Å². The van der Waals surface area contributed by atoms with E-state index < -0.39 is 11.7 Å². The molecule has 1 aromatic rings. The van der Waals surface area contributed by atoms with Crippen LogP contribution in [-0.2, 0) is 4.74 Å². The number of carbonyl (C=O) groups excluding carboxylic acids is 1. The number of ether oxygens (including phenoxy) is 1. The average molecular weight is 234 g/mol. The van der Waals surface area contributed by atoms with Crippen LogP contribution in [0.2, 0.25) is 4.34 Å². The molecule has 0 aliphatic rings. The third kappa shape index (κ3) is 3.55. The van der Waals surface area contributed by atoms with E-state index in [-0.39, 0.29) is 0 Å². The van der Waals surface area contributed by atoms with Crippen molar-refractivity contribution >= 4 is 34.7 Å². The van der Waals surface area contributed by atoms with E-state index in [1.54, 1.807) is 11.4 Å². The van der Waals surface area contributed by atoms with Crippen molar-refractivity contribution in [1.82, 2.24) is 0 Å². The number of hydrogen-bond donors (Lipinski definition) is 1. The molecule has 0 unspecified atom stereocenters. The fourth-order valence-corrected chi connectivity index (χ4v) is 1.63. The largest absolute Gasteiger partial charge is 0.444 e. The van der Waals surface area contributed by atoms with E-state index in [0.717, 1.165) is 0 Å². The van der Waals surface area contributed by atoms with E-state index in [9.17, 15) is 4.79 Å². The highest BCUT2D eigenvalue weighted by molar-refractivity contribution is 7.15. The van der Waals surface area contributed by atoms with Gasteiger partial charge in [-0.15, -0.1) is 11.3 Å². The number of amides is 1. The lowest BCUT2D eigenvalue weighted by molar-refractivity contribution is 0.0636. The summed E-state index contributed by atoms with van der Waals surface area (Å²) in [4.78, 5) is 11.3. The van der Waals surface area contributed by atoms with Gasteiger partial charge >= 0.3 is 6.09 Å².